The molecule has 0 bridgehead atoms. The predicted octanol–water partition coefficient (Wildman–Crippen LogP) is 2.22. The number of nitrogens with one attached hydrogen (secondary N) is 1. The van der Waals surface area contributed by atoms with Gasteiger partial charge in [0.15, 0.2) is 0 Å². The third kappa shape index (κ3) is 4.87. The lowest BCUT2D eigenvalue weighted by molar-refractivity contribution is -0.119. The molecule has 1 atom stereocenters. The second-order valence-electron chi connectivity index (χ2n) is 8.36. The van der Waals surface area contributed by atoms with Crippen LogP contribution in [0.5, 0.6) is 0 Å². The van der Waals surface area contributed by atoms with Crippen molar-refractivity contribution in [1.29, 1.82) is 0 Å². The maximum Gasteiger partial charge on any atom is 0.252 e. The van der Waals surface area contributed by atoms with Crippen molar-refractivity contribution >= 4 is 35.0 Å². The van der Waals surface area contributed by atoms with E-state index < -0.39 is 17.6 Å². The van der Waals surface area contributed by atoms with E-state index >= 15 is 0 Å². The lowest BCUT2D eigenvalue weighted by Gasteiger charge is -2.27. The summed E-state index contributed by atoms with van der Waals surface area (Å²) >= 11 is 0. The number of carbonyl (C=O) groups is 4. The van der Waals surface area contributed by atoms with Gasteiger partial charge in [-0.2, -0.15) is 0 Å². The van der Waals surface area contributed by atoms with Crippen LogP contribution in [0, 0.1) is 11.7 Å². The molecule has 0 aliphatic carbocycles. The van der Waals surface area contributed by atoms with Crippen LogP contribution in [0.3, 0.4) is 0 Å². The zero-order valence-electron chi connectivity index (χ0n) is 18.1. The van der Waals surface area contributed by atoms with Gasteiger partial charge in [-0.05, 0) is 55.3 Å². The van der Waals surface area contributed by atoms with Crippen LogP contribution in [-0.2, 0) is 9.59 Å². The SMILES string of the molecule is NC(=O)c1ccc(F)cc1C(=O)NCC1CC(=O)N(c2ccc(N3CCCCC3=O)cc2)C1. The molecule has 2 fully saturated rings. The molecule has 0 aromatic heterocycles. The first-order chi connectivity index (χ1) is 15.8. The number of anilines is 2. The molecule has 0 spiro atoms. The molecule has 2 aromatic rings. The fourth-order valence-corrected chi connectivity index (χ4v) is 4.31. The number of hydrogen-bond donors (Lipinski definition) is 2. The van der Waals surface area contributed by atoms with Gasteiger partial charge in [0.05, 0.1) is 11.1 Å². The summed E-state index contributed by atoms with van der Waals surface area (Å²) in [5.41, 5.74) is 6.62. The van der Waals surface area contributed by atoms with Gasteiger partial charge in [0, 0.05) is 49.8 Å². The molecule has 3 N–H and O–H groups in total. The van der Waals surface area contributed by atoms with E-state index in [4.69, 9.17) is 5.73 Å². The molecule has 4 rings (SSSR count). The summed E-state index contributed by atoms with van der Waals surface area (Å²) in [7, 11) is 0. The largest absolute Gasteiger partial charge is 0.366 e. The van der Waals surface area contributed by atoms with Crippen molar-refractivity contribution in [3.63, 3.8) is 0 Å². The fraction of sp³-hybridized carbons (Fsp3) is 0.333. The average molecular weight is 452 g/mol. The molecule has 0 saturated carbocycles. The molecule has 33 heavy (non-hydrogen) atoms. The Hall–Kier alpha value is -3.75. The fourth-order valence-electron chi connectivity index (χ4n) is 4.31. The minimum atomic E-state index is -0.822. The van der Waals surface area contributed by atoms with Gasteiger partial charge in [0.25, 0.3) is 5.91 Å². The van der Waals surface area contributed by atoms with E-state index in [-0.39, 0.29) is 41.8 Å². The van der Waals surface area contributed by atoms with Gasteiger partial charge in [-0.1, -0.05) is 0 Å². The van der Waals surface area contributed by atoms with Crippen LogP contribution in [0.25, 0.3) is 0 Å². The van der Waals surface area contributed by atoms with E-state index in [1.165, 1.54) is 6.07 Å². The molecule has 2 aliphatic heterocycles. The molecule has 2 heterocycles. The Labute approximate surface area is 190 Å². The van der Waals surface area contributed by atoms with Crippen molar-refractivity contribution in [2.45, 2.75) is 25.7 Å². The number of carbonyl (C=O) groups excluding carboxylic acids is 4. The molecule has 2 saturated heterocycles. The van der Waals surface area contributed by atoms with Gasteiger partial charge >= 0.3 is 0 Å². The molecule has 2 aromatic carbocycles. The predicted molar refractivity (Wildman–Crippen MR) is 120 cm³/mol. The van der Waals surface area contributed by atoms with E-state index in [0.29, 0.717) is 19.5 Å². The number of nitrogens with zero attached hydrogens (tertiary/aromatic N) is 2. The van der Waals surface area contributed by atoms with Crippen LogP contribution in [-0.4, -0.2) is 43.3 Å². The highest BCUT2D eigenvalue weighted by molar-refractivity contribution is 6.06. The van der Waals surface area contributed by atoms with Crippen LogP contribution in [0.15, 0.2) is 42.5 Å². The normalized spacial score (nSPS) is 18.5. The Morgan fingerprint density at radius 3 is 2.33 bits per heavy atom. The van der Waals surface area contributed by atoms with Crippen molar-refractivity contribution in [3.05, 3.63) is 59.4 Å². The first kappa shape index (κ1) is 22.4. The molecular formula is C24H25FN4O4. The topological polar surface area (TPSA) is 113 Å². The third-order valence-electron chi connectivity index (χ3n) is 6.04. The number of rotatable bonds is 6. The molecule has 8 nitrogen and oxygen atoms in total. The Bertz CT molecular complexity index is 1100. The molecule has 0 radical (unpaired) electrons. The maximum atomic E-state index is 13.6. The zero-order chi connectivity index (χ0) is 23.5. The summed E-state index contributed by atoms with van der Waals surface area (Å²) in [6, 6.07) is 10.5. The number of hydrogen-bond acceptors (Lipinski definition) is 4. The minimum Gasteiger partial charge on any atom is -0.366 e. The molecule has 1 unspecified atom stereocenters. The monoisotopic (exact) mass is 452 g/mol. The average Bonchev–Trinajstić information content (AvgIpc) is 3.18. The second kappa shape index (κ2) is 9.40. The van der Waals surface area contributed by atoms with E-state index in [2.05, 4.69) is 5.32 Å². The summed E-state index contributed by atoms with van der Waals surface area (Å²) in [4.78, 5) is 52.1. The van der Waals surface area contributed by atoms with Crippen molar-refractivity contribution in [1.82, 2.24) is 5.32 Å². The van der Waals surface area contributed by atoms with E-state index in [1.54, 1.807) is 9.80 Å². The molecule has 9 heteroatoms. The highest BCUT2D eigenvalue weighted by Gasteiger charge is 2.31. The van der Waals surface area contributed by atoms with Gasteiger partial charge in [0.2, 0.25) is 17.7 Å². The van der Waals surface area contributed by atoms with Crippen molar-refractivity contribution in [2.24, 2.45) is 11.7 Å². The van der Waals surface area contributed by atoms with Crippen LogP contribution in [0.4, 0.5) is 15.8 Å². The highest BCUT2D eigenvalue weighted by atomic mass is 19.1. The lowest BCUT2D eigenvalue weighted by atomic mass is 10.0. The van der Waals surface area contributed by atoms with Gasteiger partial charge in [-0.3, -0.25) is 19.2 Å². The first-order valence-electron chi connectivity index (χ1n) is 10.9. The summed E-state index contributed by atoms with van der Waals surface area (Å²) in [6.45, 7) is 1.30. The summed E-state index contributed by atoms with van der Waals surface area (Å²) in [5.74, 6) is -2.20. The van der Waals surface area contributed by atoms with Crippen LogP contribution >= 0.6 is 0 Å². The standard InChI is InChI=1S/C24H25FN4O4/c25-16-4-9-19(23(26)32)20(12-16)24(33)27-13-15-11-22(31)29(14-15)18-7-5-17(6-8-18)28-10-2-1-3-21(28)30/h4-9,12,15H,1-3,10-11,13-14H2,(H2,26,32)(H,27,33). The van der Waals surface area contributed by atoms with Crippen LogP contribution < -0.4 is 20.9 Å². The lowest BCUT2D eigenvalue weighted by Crippen LogP contribution is -2.35. The van der Waals surface area contributed by atoms with Crippen LogP contribution in [0.1, 0.15) is 46.4 Å². The zero-order valence-corrected chi connectivity index (χ0v) is 18.1. The van der Waals surface area contributed by atoms with Crippen molar-refractivity contribution in [3.8, 4) is 0 Å². The molecule has 4 amide bonds. The van der Waals surface area contributed by atoms with Gasteiger partial charge in [-0.25, -0.2) is 4.39 Å². The van der Waals surface area contributed by atoms with E-state index in [9.17, 15) is 23.6 Å². The Kier molecular flexibility index (Phi) is 6.39. The quantitative estimate of drug-likeness (QED) is 0.700. The van der Waals surface area contributed by atoms with Gasteiger partial charge in [-0.15, -0.1) is 0 Å². The first-order valence-corrected chi connectivity index (χ1v) is 10.9. The molecular weight excluding hydrogens is 427 g/mol. The Morgan fingerprint density at radius 2 is 1.67 bits per heavy atom. The Balaban J connectivity index is 1.38. The highest BCUT2D eigenvalue weighted by Crippen LogP contribution is 2.28. The van der Waals surface area contributed by atoms with Gasteiger partial charge < -0.3 is 20.9 Å². The smallest absolute Gasteiger partial charge is 0.252 e. The molecule has 172 valence electrons. The number of benzene rings is 2. The van der Waals surface area contributed by atoms with E-state index in [0.717, 1.165) is 36.3 Å². The maximum absolute atomic E-state index is 13.6. The Morgan fingerprint density at radius 1 is 0.970 bits per heavy atom. The van der Waals surface area contributed by atoms with Gasteiger partial charge in [0.1, 0.15) is 5.82 Å². The summed E-state index contributed by atoms with van der Waals surface area (Å²) < 4.78 is 13.6. The number of primary amides is 1. The number of amides is 4. The van der Waals surface area contributed by atoms with Crippen molar-refractivity contribution in [2.75, 3.05) is 29.4 Å². The number of nitrogens with two attached hydrogens (primary N) is 1. The second-order valence-corrected chi connectivity index (χ2v) is 8.36. The third-order valence-corrected chi connectivity index (χ3v) is 6.04. The van der Waals surface area contributed by atoms with E-state index in [1.807, 2.05) is 24.3 Å². The van der Waals surface area contributed by atoms with Crippen molar-refractivity contribution < 1.29 is 23.6 Å². The summed E-state index contributed by atoms with van der Waals surface area (Å²) in [5, 5.41) is 2.68. The minimum absolute atomic E-state index is 0.0645. The number of piperidine rings is 1. The summed E-state index contributed by atoms with van der Waals surface area (Å²) in [6.07, 6.45) is 2.69. The number of halogens is 1. The molecule has 2 aliphatic rings. The van der Waals surface area contributed by atoms with Crippen LogP contribution in [0.2, 0.25) is 0 Å².